The molecule has 0 unspecified atom stereocenters. The Morgan fingerprint density at radius 3 is 2.29 bits per heavy atom. The van der Waals surface area contributed by atoms with Gasteiger partial charge in [0.15, 0.2) is 0 Å². The summed E-state index contributed by atoms with van der Waals surface area (Å²) >= 11 is 0. The van der Waals surface area contributed by atoms with Crippen LogP contribution in [0.2, 0.25) is 0 Å². The van der Waals surface area contributed by atoms with Gasteiger partial charge in [-0.15, -0.1) is 0 Å². The van der Waals surface area contributed by atoms with E-state index in [0.717, 1.165) is 65.2 Å². The largest absolute Gasteiger partial charge is 0.369 e. The standard InChI is InChI=1S/C27H30N6O/c1-31(2)27(34)30-22-8-4-20(5-9-22)25-18-29-26-24(25)16-21(17-28-26)19-6-10-23(11-7-19)33-14-12-32(3)13-15-33/h4-11,16-18H,12-15H2,1-3H3,(H,28,29)(H,30,34). The van der Waals surface area contributed by atoms with Crippen LogP contribution in [-0.2, 0) is 0 Å². The number of H-pyrrole nitrogens is 1. The second-order valence-corrected chi connectivity index (χ2v) is 9.06. The minimum Gasteiger partial charge on any atom is -0.369 e. The molecule has 2 aromatic carbocycles. The third-order valence-corrected chi connectivity index (χ3v) is 6.45. The predicted octanol–water partition coefficient (Wildman–Crippen LogP) is 4.74. The fraction of sp³-hybridized carbons (Fsp3) is 0.259. The number of anilines is 2. The van der Waals surface area contributed by atoms with Crippen molar-refractivity contribution in [3.8, 4) is 22.3 Å². The average molecular weight is 455 g/mol. The molecule has 4 aromatic rings. The maximum atomic E-state index is 11.9. The molecule has 0 spiro atoms. The molecule has 7 nitrogen and oxygen atoms in total. The Bertz CT molecular complexity index is 1290. The third kappa shape index (κ3) is 4.47. The lowest BCUT2D eigenvalue weighted by Gasteiger charge is -2.34. The van der Waals surface area contributed by atoms with Crippen LogP contribution in [0.5, 0.6) is 0 Å². The van der Waals surface area contributed by atoms with E-state index in [-0.39, 0.29) is 6.03 Å². The van der Waals surface area contributed by atoms with Gasteiger partial charge in [-0.05, 0) is 48.5 Å². The van der Waals surface area contributed by atoms with Crippen molar-refractivity contribution in [2.45, 2.75) is 0 Å². The second-order valence-electron chi connectivity index (χ2n) is 9.06. The molecule has 3 heterocycles. The van der Waals surface area contributed by atoms with Crippen molar-refractivity contribution in [2.75, 3.05) is 57.5 Å². The lowest BCUT2D eigenvalue weighted by molar-refractivity contribution is 0.230. The summed E-state index contributed by atoms with van der Waals surface area (Å²) in [6.45, 7) is 4.32. The highest BCUT2D eigenvalue weighted by Crippen LogP contribution is 2.32. The van der Waals surface area contributed by atoms with Gasteiger partial charge in [-0.1, -0.05) is 24.3 Å². The number of hydrogen-bond donors (Lipinski definition) is 2. The lowest BCUT2D eigenvalue weighted by atomic mass is 10.0. The number of aromatic amines is 1. The number of piperazine rings is 1. The maximum absolute atomic E-state index is 11.9. The maximum Gasteiger partial charge on any atom is 0.321 e. The first-order valence-corrected chi connectivity index (χ1v) is 11.6. The zero-order valence-electron chi connectivity index (χ0n) is 19.9. The van der Waals surface area contributed by atoms with Gasteiger partial charge in [0.25, 0.3) is 0 Å². The number of benzene rings is 2. The molecule has 5 rings (SSSR count). The van der Waals surface area contributed by atoms with Crippen molar-refractivity contribution in [3.63, 3.8) is 0 Å². The first kappa shape index (κ1) is 22.0. The van der Waals surface area contributed by atoms with Crippen LogP contribution in [0.15, 0.2) is 67.0 Å². The van der Waals surface area contributed by atoms with Crippen molar-refractivity contribution >= 4 is 28.4 Å². The van der Waals surface area contributed by atoms with Crippen LogP contribution in [0.25, 0.3) is 33.3 Å². The zero-order chi connectivity index (χ0) is 23.7. The number of pyridine rings is 1. The molecule has 2 N–H and O–H groups in total. The normalized spacial score (nSPS) is 14.4. The third-order valence-electron chi connectivity index (χ3n) is 6.45. The zero-order valence-corrected chi connectivity index (χ0v) is 19.9. The van der Waals surface area contributed by atoms with E-state index in [1.54, 1.807) is 14.1 Å². The molecule has 1 aliphatic heterocycles. The minimum atomic E-state index is -0.146. The summed E-state index contributed by atoms with van der Waals surface area (Å²) in [6, 6.07) is 18.7. The van der Waals surface area contributed by atoms with E-state index in [1.807, 2.05) is 36.7 Å². The SMILES string of the molecule is CN1CCN(c2ccc(-c3cnc4[nH]cc(-c5ccc(NC(=O)N(C)C)cc5)c4c3)cc2)CC1. The summed E-state index contributed by atoms with van der Waals surface area (Å²) in [7, 11) is 5.62. The molecule has 2 aromatic heterocycles. The van der Waals surface area contributed by atoms with Gasteiger partial charge in [-0.2, -0.15) is 0 Å². The number of nitrogens with zero attached hydrogens (tertiary/aromatic N) is 4. The van der Waals surface area contributed by atoms with Gasteiger partial charge in [0.2, 0.25) is 0 Å². The number of fused-ring (bicyclic) bond motifs is 1. The van der Waals surface area contributed by atoms with Crippen LogP contribution in [0.4, 0.5) is 16.2 Å². The first-order valence-electron chi connectivity index (χ1n) is 11.6. The van der Waals surface area contributed by atoms with Crippen LogP contribution >= 0.6 is 0 Å². The summed E-state index contributed by atoms with van der Waals surface area (Å²) in [5.74, 6) is 0. The van der Waals surface area contributed by atoms with E-state index in [2.05, 4.69) is 62.5 Å². The second kappa shape index (κ2) is 9.19. The quantitative estimate of drug-likeness (QED) is 0.467. The Labute approximate surface area is 200 Å². The van der Waals surface area contributed by atoms with Crippen molar-refractivity contribution < 1.29 is 4.79 Å². The molecule has 0 saturated carbocycles. The van der Waals surface area contributed by atoms with E-state index in [4.69, 9.17) is 0 Å². The van der Waals surface area contributed by atoms with Crippen LogP contribution in [0.1, 0.15) is 0 Å². The number of likely N-dealkylation sites (N-methyl/N-ethyl adjacent to an activating group) is 1. The molecule has 34 heavy (non-hydrogen) atoms. The summed E-state index contributed by atoms with van der Waals surface area (Å²) in [4.78, 5) is 26.2. The van der Waals surface area contributed by atoms with Gasteiger partial charge in [0.1, 0.15) is 5.65 Å². The monoisotopic (exact) mass is 454 g/mol. The van der Waals surface area contributed by atoms with E-state index < -0.39 is 0 Å². The van der Waals surface area contributed by atoms with Gasteiger partial charge in [-0.3, -0.25) is 0 Å². The Morgan fingerprint density at radius 1 is 0.941 bits per heavy atom. The highest BCUT2D eigenvalue weighted by molar-refractivity contribution is 5.96. The summed E-state index contributed by atoms with van der Waals surface area (Å²) < 4.78 is 0. The van der Waals surface area contributed by atoms with Crippen molar-refractivity contribution in [1.29, 1.82) is 0 Å². The molecular weight excluding hydrogens is 424 g/mol. The minimum absolute atomic E-state index is 0.146. The topological polar surface area (TPSA) is 67.5 Å². The number of hydrogen-bond acceptors (Lipinski definition) is 4. The number of aromatic nitrogens is 2. The number of carbonyl (C=O) groups is 1. The number of urea groups is 1. The summed E-state index contributed by atoms with van der Waals surface area (Å²) in [5, 5.41) is 3.95. The van der Waals surface area contributed by atoms with Crippen molar-refractivity contribution in [2.24, 2.45) is 0 Å². The molecular formula is C27H30N6O. The molecule has 0 atom stereocenters. The van der Waals surface area contributed by atoms with E-state index >= 15 is 0 Å². The Kier molecular flexibility index (Phi) is 5.94. The van der Waals surface area contributed by atoms with Crippen molar-refractivity contribution in [3.05, 3.63) is 67.0 Å². The van der Waals surface area contributed by atoms with Crippen molar-refractivity contribution in [1.82, 2.24) is 19.8 Å². The number of nitrogens with one attached hydrogen (secondary N) is 2. The Hall–Kier alpha value is -3.84. The molecule has 1 fully saturated rings. The molecule has 7 heteroatoms. The van der Waals surface area contributed by atoms with Crippen LogP contribution in [-0.4, -0.2) is 73.1 Å². The molecule has 174 valence electrons. The van der Waals surface area contributed by atoms with Gasteiger partial charge in [0, 0.05) is 80.6 Å². The van der Waals surface area contributed by atoms with E-state index in [9.17, 15) is 4.79 Å². The smallest absolute Gasteiger partial charge is 0.321 e. The van der Waals surface area contributed by atoms with Gasteiger partial charge >= 0.3 is 6.03 Å². The van der Waals surface area contributed by atoms with Crippen LogP contribution < -0.4 is 10.2 Å². The molecule has 2 amide bonds. The van der Waals surface area contributed by atoms with Gasteiger partial charge in [0.05, 0.1) is 0 Å². The fourth-order valence-corrected chi connectivity index (χ4v) is 4.30. The molecule has 1 saturated heterocycles. The first-order chi connectivity index (χ1) is 16.5. The average Bonchev–Trinajstić information content (AvgIpc) is 3.28. The van der Waals surface area contributed by atoms with Crippen LogP contribution in [0, 0.1) is 0 Å². The fourth-order valence-electron chi connectivity index (χ4n) is 4.30. The summed E-state index contributed by atoms with van der Waals surface area (Å²) in [5.41, 5.74) is 7.30. The number of carbonyl (C=O) groups excluding carboxylic acids is 1. The molecule has 1 aliphatic rings. The van der Waals surface area contributed by atoms with Crippen LogP contribution in [0.3, 0.4) is 0 Å². The molecule has 0 radical (unpaired) electrons. The highest BCUT2D eigenvalue weighted by atomic mass is 16.2. The summed E-state index contributed by atoms with van der Waals surface area (Å²) in [6.07, 6.45) is 3.92. The number of amides is 2. The van der Waals surface area contributed by atoms with Gasteiger partial charge in [-0.25, -0.2) is 9.78 Å². The number of rotatable bonds is 4. The Morgan fingerprint density at radius 2 is 1.62 bits per heavy atom. The Balaban J connectivity index is 1.38. The molecule has 0 aliphatic carbocycles. The molecule has 0 bridgehead atoms. The predicted molar refractivity (Wildman–Crippen MR) is 139 cm³/mol. The van der Waals surface area contributed by atoms with E-state index in [1.165, 1.54) is 10.6 Å². The van der Waals surface area contributed by atoms with Gasteiger partial charge < -0.3 is 25.0 Å². The lowest BCUT2D eigenvalue weighted by Crippen LogP contribution is -2.44. The van der Waals surface area contributed by atoms with E-state index in [0.29, 0.717) is 0 Å². The highest BCUT2D eigenvalue weighted by Gasteiger charge is 2.15.